The summed E-state index contributed by atoms with van der Waals surface area (Å²) in [5.41, 5.74) is 1.75. The maximum absolute atomic E-state index is 12.5. The number of carbonyl (C=O) groups excluding carboxylic acids is 1. The average molecular weight is 466 g/mol. The van der Waals surface area contributed by atoms with Crippen LogP contribution in [0, 0.1) is 0 Å². The van der Waals surface area contributed by atoms with E-state index in [2.05, 4.69) is 20.9 Å². The van der Waals surface area contributed by atoms with Crippen LogP contribution in [-0.4, -0.2) is 25.1 Å². The molecule has 0 spiro atoms. The van der Waals surface area contributed by atoms with Crippen molar-refractivity contribution in [3.05, 3.63) is 75.9 Å². The second-order valence-corrected chi connectivity index (χ2v) is 7.92. The summed E-state index contributed by atoms with van der Waals surface area (Å²) in [5.74, 6) is 0.988. The van der Waals surface area contributed by atoms with E-state index < -0.39 is 5.97 Å². The molecule has 0 amide bonds. The van der Waals surface area contributed by atoms with Crippen LogP contribution in [0.4, 0.5) is 0 Å². The van der Waals surface area contributed by atoms with Crippen LogP contribution in [0.1, 0.15) is 25.0 Å². The largest absolute Gasteiger partial charge is 0.493 e. The first-order valence-corrected chi connectivity index (χ1v) is 10.3. The molecule has 0 radical (unpaired) electrons. The van der Waals surface area contributed by atoms with Crippen molar-refractivity contribution in [3.8, 4) is 11.5 Å². The highest BCUT2D eigenvalue weighted by molar-refractivity contribution is 9.10. The number of hydrogen-bond acceptors (Lipinski definition) is 5. The molecule has 0 aromatic heterocycles. The summed E-state index contributed by atoms with van der Waals surface area (Å²) in [7, 11) is 1.58. The topological polar surface area (TPSA) is 57.1 Å². The predicted molar refractivity (Wildman–Crippen MR) is 121 cm³/mol. The van der Waals surface area contributed by atoms with Crippen LogP contribution in [0.25, 0.3) is 16.8 Å². The second-order valence-electron chi connectivity index (χ2n) is 7.06. The van der Waals surface area contributed by atoms with Gasteiger partial charge < -0.3 is 14.2 Å². The van der Waals surface area contributed by atoms with Crippen molar-refractivity contribution in [3.63, 3.8) is 0 Å². The van der Waals surface area contributed by atoms with Gasteiger partial charge in [-0.05, 0) is 70.4 Å². The number of carbonyl (C=O) groups is 1. The number of esters is 1. The number of aliphatic imine (C=N–C) groups is 1. The van der Waals surface area contributed by atoms with Gasteiger partial charge in [-0.25, -0.2) is 9.79 Å². The number of benzene rings is 3. The zero-order valence-electron chi connectivity index (χ0n) is 16.8. The molecule has 1 aliphatic heterocycles. The molecular formula is C24H20BrNO4. The summed E-state index contributed by atoms with van der Waals surface area (Å²) in [6.07, 6.45) is 1.67. The minimum Gasteiger partial charge on any atom is -0.493 e. The Balaban J connectivity index is 1.73. The fourth-order valence-electron chi connectivity index (χ4n) is 3.27. The van der Waals surface area contributed by atoms with Gasteiger partial charge in [0.15, 0.2) is 17.2 Å². The first kappa shape index (κ1) is 20.2. The Bertz CT molecular complexity index is 1190. The van der Waals surface area contributed by atoms with Gasteiger partial charge in [-0.15, -0.1) is 0 Å². The smallest absolute Gasteiger partial charge is 0.363 e. The van der Waals surface area contributed by atoms with E-state index in [1.807, 2.05) is 62.4 Å². The van der Waals surface area contributed by atoms with Gasteiger partial charge in [-0.3, -0.25) is 0 Å². The van der Waals surface area contributed by atoms with Gasteiger partial charge in [0, 0.05) is 5.56 Å². The van der Waals surface area contributed by atoms with Crippen LogP contribution >= 0.6 is 15.9 Å². The van der Waals surface area contributed by atoms with Gasteiger partial charge in [0.05, 0.1) is 17.7 Å². The molecule has 1 aliphatic rings. The van der Waals surface area contributed by atoms with E-state index in [4.69, 9.17) is 14.2 Å². The van der Waals surface area contributed by atoms with Gasteiger partial charge in [-0.2, -0.15) is 0 Å². The number of ether oxygens (including phenoxy) is 3. The summed E-state index contributed by atoms with van der Waals surface area (Å²) < 4.78 is 17.5. The number of halogens is 1. The van der Waals surface area contributed by atoms with E-state index in [-0.39, 0.29) is 11.8 Å². The van der Waals surface area contributed by atoms with E-state index in [1.165, 1.54) is 0 Å². The van der Waals surface area contributed by atoms with Crippen LogP contribution in [0.2, 0.25) is 0 Å². The molecule has 0 N–H and O–H groups in total. The number of fused-ring (bicyclic) bond motifs is 1. The first-order valence-electron chi connectivity index (χ1n) is 9.51. The van der Waals surface area contributed by atoms with Crippen molar-refractivity contribution >= 4 is 44.6 Å². The molecular weight excluding hydrogens is 446 g/mol. The minimum atomic E-state index is -0.490. The fraction of sp³-hybridized carbons (Fsp3) is 0.167. The lowest BCUT2D eigenvalue weighted by Gasteiger charge is -2.15. The molecule has 152 valence electrons. The summed E-state index contributed by atoms with van der Waals surface area (Å²) >= 11 is 3.52. The molecule has 0 atom stereocenters. The van der Waals surface area contributed by atoms with Crippen molar-refractivity contribution in [2.45, 2.75) is 20.0 Å². The van der Waals surface area contributed by atoms with Crippen molar-refractivity contribution in [2.24, 2.45) is 4.99 Å². The van der Waals surface area contributed by atoms with Crippen molar-refractivity contribution in [1.29, 1.82) is 0 Å². The number of hydrogen-bond donors (Lipinski definition) is 0. The first-order chi connectivity index (χ1) is 14.5. The second kappa shape index (κ2) is 8.32. The SMILES string of the molecule is COc1cc(/C=C2\N=C(c3cccc4ccccc34)OC2=O)cc(Br)c1OC(C)C. The molecule has 6 heteroatoms. The van der Waals surface area contributed by atoms with Gasteiger partial charge in [-0.1, -0.05) is 36.4 Å². The predicted octanol–water partition coefficient (Wildman–Crippen LogP) is 5.74. The van der Waals surface area contributed by atoms with E-state index >= 15 is 0 Å². The summed E-state index contributed by atoms with van der Waals surface area (Å²) in [4.78, 5) is 16.9. The summed E-state index contributed by atoms with van der Waals surface area (Å²) in [5, 5.41) is 2.04. The highest BCUT2D eigenvalue weighted by Gasteiger charge is 2.25. The van der Waals surface area contributed by atoms with E-state index in [1.54, 1.807) is 19.3 Å². The monoisotopic (exact) mass is 465 g/mol. The Kier molecular flexibility index (Phi) is 5.59. The van der Waals surface area contributed by atoms with Crippen molar-refractivity contribution < 1.29 is 19.0 Å². The normalized spacial score (nSPS) is 14.9. The van der Waals surface area contributed by atoms with Gasteiger partial charge >= 0.3 is 5.97 Å². The van der Waals surface area contributed by atoms with Crippen LogP contribution in [-0.2, 0) is 9.53 Å². The standard InChI is InChI=1S/C24H20BrNO4/c1-14(2)29-22-19(25)11-15(13-21(22)28-3)12-20-24(27)30-23(26-20)18-10-6-8-16-7-4-5-9-17(16)18/h4-14H,1-3H3/b20-12-. The average Bonchev–Trinajstić information content (AvgIpc) is 3.09. The fourth-order valence-corrected chi connectivity index (χ4v) is 3.82. The quantitative estimate of drug-likeness (QED) is 0.355. The molecule has 0 fully saturated rings. The molecule has 4 rings (SSSR count). The lowest BCUT2D eigenvalue weighted by molar-refractivity contribution is -0.129. The maximum Gasteiger partial charge on any atom is 0.363 e. The lowest BCUT2D eigenvalue weighted by Crippen LogP contribution is -2.07. The van der Waals surface area contributed by atoms with E-state index in [0.717, 1.165) is 26.4 Å². The molecule has 0 aliphatic carbocycles. The molecule has 0 unspecified atom stereocenters. The molecule has 3 aromatic rings. The molecule has 0 bridgehead atoms. The third-order valence-corrected chi connectivity index (χ3v) is 5.14. The van der Waals surface area contributed by atoms with Crippen LogP contribution in [0.5, 0.6) is 11.5 Å². The number of rotatable bonds is 5. The Morgan fingerprint density at radius 1 is 1.10 bits per heavy atom. The number of cyclic esters (lactones) is 1. The highest BCUT2D eigenvalue weighted by Crippen LogP contribution is 2.38. The van der Waals surface area contributed by atoms with E-state index in [0.29, 0.717) is 17.4 Å². The third-order valence-electron chi connectivity index (χ3n) is 4.55. The number of methoxy groups -OCH3 is 1. The van der Waals surface area contributed by atoms with Crippen LogP contribution in [0.3, 0.4) is 0 Å². The summed E-state index contributed by atoms with van der Waals surface area (Å²) in [6, 6.07) is 17.4. The Morgan fingerprint density at radius 3 is 2.63 bits per heavy atom. The van der Waals surface area contributed by atoms with Crippen LogP contribution < -0.4 is 9.47 Å². The molecule has 0 saturated carbocycles. The Hall–Kier alpha value is -3.12. The highest BCUT2D eigenvalue weighted by atomic mass is 79.9. The van der Waals surface area contributed by atoms with Gasteiger partial charge in [0.1, 0.15) is 0 Å². The summed E-state index contributed by atoms with van der Waals surface area (Å²) in [6.45, 7) is 3.89. The van der Waals surface area contributed by atoms with Crippen LogP contribution in [0.15, 0.2) is 69.8 Å². The Labute approximate surface area is 183 Å². The van der Waals surface area contributed by atoms with Gasteiger partial charge in [0.25, 0.3) is 0 Å². The molecule has 30 heavy (non-hydrogen) atoms. The van der Waals surface area contributed by atoms with E-state index in [9.17, 15) is 4.79 Å². The lowest BCUT2D eigenvalue weighted by atomic mass is 10.0. The van der Waals surface area contributed by atoms with Crippen molar-refractivity contribution in [1.82, 2.24) is 0 Å². The Morgan fingerprint density at radius 2 is 1.87 bits per heavy atom. The molecule has 3 aromatic carbocycles. The zero-order valence-corrected chi connectivity index (χ0v) is 18.4. The zero-order chi connectivity index (χ0) is 21.3. The third kappa shape index (κ3) is 3.96. The molecule has 0 saturated heterocycles. The maximum atomic E-state index is 12.5. The molecule has 1 heterocycles. The minimum absolute atomic E-state index is 0.00271. The number of nitrogens with zero attached hydrogens (tertiary/aromatic N) is 1. The molecule has 5 nitrogen and oxygen atoms in total. The van der Waals surface area contributed by atoms with Gasteiger partial charge in [0.2, 0.25) is 5.90 Å². The van der Waals surface area contributed by atoms with Crippen molar-refractivity contribution in [2.75, 3.05) is 7.11 Å².